The summed E-state index contributed by atoms with van der Waals surface area (Å²) in [6, 6.07) is 13.2. The van der Waals surface area contributed by atoms with Gasteiger partial charge in [0.25, 0.3) is 0 Å². The Morgan fingerprint density at radius 2 is 1.78 bits per heavy atom. The van der Waals surface area contributed by atoms with E-state index in [-0.39, 0.29) is 18.3 Å². The Balaban J connectivity index is 1.46. The molecule has 0 aliphatic carbocycles. The molecule has 0 aromatic heterocycles. The lowest BCUT2D eigenvalue weighted by Crippen LogP contribution is -2.43. The molecule has 0 saturated carbocycles. The van der Waals surface area contributed by atoms with E-state index in [0.29, 0.717) is 17.7 Å². The van der Waals surface area contributed by atoms with Crippen molar-refractivity contribution in [1.29, 1.82) is 0 Å². The number of hydrogen-bond donors (Lipinski definition) is 1. The van der Waals surface area contributed by atoms with Crippen LogP contribution < -0.4 is 5.73 Å². The number of fused-ring (bicyclic) bond motifs is 1. The van der Waals surface area contributed by atoms with Crippen LogP contribution in [0.25, 0.3) is 0 Å². The first kappa shape index (κ1) is 22.2. The molecule has 4 rings (SSSR count). The average molecular weight is 435 g/mol. The molecule has 2 N–H and O–H groups in total. The molecule has 2 heterocycles. The quantitative estimate of drug-likeness (QED) is 0.427. The van der Waals surface area contributed by atoms with Crippen LogP contribution in [0.5, 0.6) is 0 Å². The predicted molar refractivity (Wildman–Crippen MR) is 124 cm³/mol. The maximum atomic E-state index is 13.1. The van der Waals surface area contributed by atoms with E-state index in [4.69, 9.17) is 10.5 Å². The van der Waals surface area contributed by atoms with Crippen LogP contribution in [0, 0.1) is 0 Å². The Labute approximate surface area is 188 Å². The lowest BCUT2D eigenvalue weighted by molar-refractivity contribution is -0.142. The highest BCUT2D eigenvalue weighted by molar-refractivity contribution is 6.09. The fraction of sp³-hybridized carbons (Fsp3) is 0.400. The van der Waals surface area contributed by atoms with Crippen LogP contribution in [0.2, 0.25) is 0 Å². The van der Waals surface area contributed by atoms with Crippen molar-refractivity contribution in [1.82, 2.24) is 9.91 Å². The molecule has 2 aliphatic rings. The molecule has 2 aromatic carbocycles. The molecule has 0 radical (unpaired) electrons. The van der Waals surface area contributed by atoms with Crippen molar-refractivity contribution in [2.75, 3.05) is 33.3 Å². The van der Waals surface area contributed by atoms with Gasteiger partial charge in [-0.25, -0.2) is 0 Å². The number of esters is 1. The summed E-state index contributed by atoms with van der Waals surface area (Å²) in [4.78, 5) is 26.6. The van der Waals surface area contributed by atoms with Gasteiger partial charge in [0.15, 0.2) is 5.78 Å². The summed E-state index contributed by atoms with van der Waals surface area (Å²) in [5.74, 6) is -0.371. The molecule has 7 heteroatoms. The Bertz CT molecular complexity index is 997. The van der Waals surface area contributed by atoms with Gasteiger partial charge < -0.3 is 10.5 Å². The molecule has 2 aromatic rings. The molecule has 0 bridgehead atoms. The van der Waals surface area contributed by atoms with Crippen LogP contribution in [0.4, 0.5) is 0 Å². The third kappa shape index (κ3) is 5.06. The summed E-state index contributed by atoms with van der Waals surface area (Å²) in [5.41, 5.74) is 10.6. The van der Waals surface area contributed by atoms with E-state index in [2.05, 4.69) is 10.1 Å². The first-order valence-corrected chi connectivity index (χ1v) is 11.2. The number of carbonyl (C=O) groups is 2. The molecule has 7 nitrogen and oxygen atoms in total. The number of rotatable bonds is 6. The number of nitrogens with zero attached hydrogens (tertiary/aromatic N) is 3. The lowest BCUT2D eigenvalue weighted by atomic mass is 9.92. The fourth-order valence-corrected chi connectivity index (χ4v) is 4.28. The number of hydrogen-bond acceptors (Lipinski definition) is 7. The molecular weight excluding hydrogens is 404 g/mol. The lowest BCUT2D eigenvalue weighted by Gasteiger charge is -2.34. The van der Waals surface area contributed by atoms with Gasteiger partial charge in [0.05, 0.1) is 26.0 Å². The van der Waals surface area contributed by atoms with Crippen molar-refractivity contribution in [2.24, 2.45) is 10.8 Å². The van der Waals surface area contributed by atoms with E-state index in [9.17, 15) is 9.59 Å². The number of hydrazone groups is 1. The third-order valence-corrected chi connectivity index (χ3v) is 6.22. The van der Waals surface area contributed by atoms with E-state index in [1.54, 1.807) is 0 Å². The van der Waals surface area contributed by atoms with Gasteiger partial charge in [0.2, 0.25) is 0 Å². The summed E-state index contributed by atoms with van der Waals surface area (Å²) in [6.45, 7) is 2.82. The van der Waals surface area contributed by atoms with Crippen molar-refractivity contribution >= 4 is 18.0 Å². The minimum atomic E-state index is -0.445. The van der Waals surface area contributed by atoms with E-state index in [1.807, 2.05) is 53.6 Å². The summed E-state index contributed by atoms with van der Waals surface area (Å²) < 4.78 is 4.77. The smallest absolute Gasteiger partial charge is 0.319 e. The molecule has 0 spiro atoms. The molecule has 2 aliphatic heterocycles. The zero-order chi connectivity index (χ0) is 22.5. The molecule has 1 atom stereocenters. The predicted octanol–water partition coefficient (Wildman–Crippen LogP) is 2.73. The zero-order valence-corrected chi connectivity index (χ0v) is 18.5. The average Bonchev–Trinajstić information content (AvgIpc) is 2.84. The van der Waals surface area contributed by atoms with Crippen molar-refractivity contribution in [3.8, 4) is 0 Å². The SMILES string of the molecule is COC(=O)CN1CCc2ccc(C(=O)c3ccc(C=NN4CCCCC4)cc3)cc2C1N. The van der Waals surface area contributed by atoms with E-state index in [0.717, 1.165) is 36.2 Å². The van der Waals surface area contributed by atoms with Crippen molar-refractivity contribution in [3.05, 3.63) is 70.3 Å². The molecule has 168 valence electrons. The summed E-state index contributed by atoms with van der Waals surface area (Å²) in [7, 11) is 1.37. The number of ketones is 1. The van der Waals surface area contributed by atoms with Crippen LogP contribution in [0.15, 0.2) is 47.6 Å². The van der Waals surface area contributed by atoms with Gasteiger partial charge in [-0.1, -0.05) is 36.4 Å². The third-order valence-electron chi connectivity index (χ3n) is 6.22. The van der Waals surface area contributed by atoms with Crippen LogP contribution in [-0.4, -0.2) is 61.2 Å². The standard InChI is InChI=1S/C25H30N4O3/c1-32-23(30)17-28-14-11-19-9-10-21(15-22(19)25(28)26)24(31)20-7-5-18(6-8-20)16-27-29-12-3-2-4-13-29/h5-10,15-16,25H,2-4,11-14,17,26H2,1H3. The minimum Gasteiger partial charge on any atom is -0.468 e. The monoisotopic (exact) mass is 434 g/mol. The summed E-state index contributed by atoms with van der Waals surface area (Å²) in [6.07, 6.45) is 5.84. The van der Waals surface area contributed by atoms with E-state index < -0.39 is 6.17 Å². The zero-order valence-electron chi connectivity index (χ0n) is 18.5. The molecule has 1 saturated heterocycles. The number of nitrogens with two attached hydrogens (primary N) is 1. The highest BCUT2D eigenvalue weighted by Crippen LogP contribution is 2.27. The maximum Gasteiger partial charge on any atom is 0.319 e. The summed E-state index contributed by atoms with van der Waals surface area (Å²) >= 11 is 0. The first-order valence-electron chi connectivity index (χ1n) is 11.2. The Morgan fingerprint density at radius 1 is 1.06 bits per heavy atom. The second kappa shape index (κ2) is 10.1. The Kier molecular flexibility index (Phi) is 6.97. The van der Waals surface area contributed by atoms with Crippen LogP contribution in [0.3, 0.4) is 0 Å². The molecule has 0 amide bonds. The van der Waals surface area contributed by atoms with Gasteiger partial charge in [0, 0.05) is 30.8 Å². The van der Waals surface area contributed by atoms with Gasteiger partial charge in [-0.15, -0.1) is 0 Å². The van der Waals surface area contributed by atoms with Crippen molar-refractivity contribution < 1.29 is 14.3 Å². The minimum absolute atomic E-state index is 0.0513. The first-order chi connectivity index (χ1) is 15.5. The highest BCUT2D eigenvalue weighted by atomic mass is 16.5. The molecular formula is C25H30N4O3. The van der Waals surface area contributed by atoms with Gasteiger partial charge >= 0.3 is 5.97 Å². The van der Waals surface area contributed by atoms with Gasteiger partial charge in [-0.2, -0.15) is 5.10 Å². The summed E-state index contributed by atoms with van der Waals surface area (Å²) in [5, 5.41) is 6.65. The van der Waals surface area contributed by atoms with Crippen LogP contribution in [-0.2, 0) is 16.0 Å². The second-order valence-electron chi connectivity index (χ2n) is 8.37. The number of ether oxygens (including phenoxy) is 1. The molecule has 1 unspecified atom stereocenters. The van der Waals surface area contributed by atoms with Crippen molar-refractivity contribution in [3.63, 3.8) is 0 Å². The fourth-order valence-electron chi connectivity index (χ4n) is 4.28. The van der Waals surface area contributed by atoms with Crippen LogP contribution >= 0.6 is 0 Å². The highest BCUT2D eigenvalue weighted by Gasteiger charge is 2.27. The van der Waals surface area contributed by atoms with Gasteiger partial charge in [-0.05, 0) is 48.4 Å². The molecule has 1 fully saturated rings. The number of carbonyl (C=O) groups excluding carboxylic acids is 2. The topological polar surface area (TPSA) is 88.2 Å². The normalized spacial score (nSPS) is 19.1. The second-order valence-corrected chi connectivity index (χ2v) is 8.37. The number of methoxy groups -OCH3 is 1. The molecule has 32 heavy (non-hydrogen) atoms. The largest absolute Gasteiger partial charge is 0.468 e. The van der Waals surface area contributed by atoms with Crippen LogP contribution in [0.1, 0.15) is 58.0 Å². The van der Waals surface area contributed by atoms with E-state index in [1.165, 1.54) is 26.4 Å². The van der Waals surface area contributed by atoms with Gasteiger partial charge in [0.1, 0.15) is 0 Å². The number of benzene rings is 2. The Morgan fingerprint density at radius 3 is 2.50 bits per heavy atom. The maximum absolute atomic E-state index is 13.1. The van der Waals surface area contributed by atoms with E-state index >= 15 is 0 Å². The van der Waals surface area contributed by atoms with Crippen molar-refractivity contribution in [2.45, 2.75) is 31.8 Å². The van der Waals surface area contributed by atoms with Gasteiger partial charge in [-0.3, -0.25) is 19.5 Å². The Hall–Kier alpha value is -3.03. The number of piperidine rings is 1.